The molecule has 0 spiro atoms. The van der Waals surface area contributed by atoms with Crippen LogP contribution in [0.25, 0.3) is 0 Å². The molecule has 0 aromatic carbocycles. The molecule has 8 heteroatoms. The Bertz CT molecular complexity index is 453. The topological polar surface area (TPSA) is 63.2 Å². The first-order valence-corrected chi connectivity index (χ1v) is 6.57. The number of carbonyl (C=O) groups excluding carboxylic acids is 1. The molecule has 0 fully saturated rings. The molecule has 1 aromatic heterocycles. The summed E-state index contributed by atoms with van der Waals surface area (Å²) in [6, 6.07) is 2.73. The summed E-state index contributed by atoms with van der Waals surface area (Å²) >= 11 is 0. The van der Waals surface area contributed by atoms with E-state index in [0.29, 0.717) is 12.1 Å². The Kier molecular flexibility index (Phi) is 6.77. The second kappa shape index (κ2) is 8.33. The molecule has 0 unspecified atom stereocenters. The summed E-state index contributed by atoms with van der Waals surface area (Å²) in [6.45, 7) is 1.17. The predicted molar refractivity (Wildman–Crippen MR) is 70.9 cm³/mol. The van der Waals surface area contributed by atoms with Gasteiger partial charge >= 0.3 is 12.2 Å². The highest BCUT2D eigenvalue weighted by Gasteiger charge is 2.29. The van der Waals surface area contributed by atoms with E-state index in [1.54, 1.807) is 12.1 Å². The van der Waals surface area contributed by atoms with Gasteiger partial charge in [-0.1, -0.05) is 19.4 Å². The summed E-state index contributed by atoms with van der Waals surface area (Å²) in [4.78, 5) is 15.2. The largest absolute Gasteiger partial charge is 0.468 e. The van der Waals surface area contributed by atoms with Gasteiger partial charge in [0.2, 0.25) is 5.88 Å². The zero-order chi connectivity index (χ0) is 15.7. The van der Waals surface area contributed by atoms with E-state index in [9.17, 15) is 18.0 Å². The molecule has 0 aliphatic rings. The van der Waals surface area contributed by atoms with E-state index < -0.39 is 12.8 Å². The Hall–Kier alpha value is -1.99. The van der Waals surface area contributed by atoms with E-state index >= 15 is 0 Å². The molecule has 0 radical (unpaired) electrons. The fourth-order valence-corrected chi connectivity index (χ4v) is 1.46. The van der Waals surface area contributed by atoms with Gasteiger partial charge in [0.15, 0.2) is 6.61 Å². The first-order chi connectivity index (χ1) is 9.92. The third-order valence-corrected chi connectivity index (χ3v) is 2.48. The number of ether oxygens (including phenoxy) is 1. The minimum atomic E-state index is -4.43. The molecule has 2 amide bonds. The molecule has 0 aliphatic heterocycles. The third-order valence-electron chi connectivity index (χ3n) is 2.48. The first-order valence-electron chi connectivity index (χ1n) is 6.57. The molecule has 0 saturated heterocycles. The van der Waals surface area contributed by atoms with E-state index in [4.69, 9.17) is 0 Å². The van der Waals surface area contributed by atoms with Crippen molar-refractivity contribution in [2.24, 2.45) is 0 Å². The molecule has 21 heavy (non-hydrogen) atoms. The highest BCUT2D eigenvalue weighted by atomic mass is 19.4. The van der Waals surface area contributed by atoms with Gasteiger partial charge in [-0.25, -0.2) is 9.78 Å². The zero-order valence-electron chi connectivity index (χ0n) is 11.7. The molecule has 0 bridgehead atoms. The number of nitrogens with zero attached hydrogens (tertiary/aromatic N) is 1. The van der Waals surface area contributed by atoms with Crippen molar-refractivity contribution in [3.63, 3.8) is 0 Å². The molecule has 118 valence electrons. The fourth-order valence-electron chi connectivity index (χ4n) is 1.46. The van der Waals surface area contributed by atoms with Gasteiger partial charge < -0.3 is 15.4 Å². The Morgan fingerprint density at radius 1 is 1.38 bits per heavy atom. The number of carbonyl (C=O) groups is 1. The summed E-state index contributed by atoms with van der Waals surface area (Å²) in [5, 5.41) is 5.18. The summed E-state index contributed by atoms with van der Waals surface area (Å²) < 4.78 is 41.0. The van der Waals surface area contributed by atoms with Crippen LogP contribution in [0.4, 0.5) is 18.0 Å². The number of halogens is 3. The standard InChI is InChI=1S/C13H18F3N3O2/c1-2-3-6-18-12(20)19-8-10-5-4-7-17-11(10)21-9-13(14,15)16/h4-5,7H,2-3,6,8-9H2,1H3,(H2,18,19,20). The number of amides is 2. The van der Waals surface area contributed by atoms with Crippen molar-refractivity contribution < 1.29 is 22.7 Å². The number of hydrogen-bond acceptors (Lipinski definition) is 3. The van der Waals surface area contributed by atoms with Gasteiger partial charge in [-0.2, -0.15) is 13.2 Å². The van der Waals surface area contributed by atoms with Gasteiger partial charge in [-0.05, 0) is 12.5 Å². The van der Waals surface area contributed by atoms with E-state index in [-0.39, 0.29) is 18.5 Å². The van der Waals surface area contributed by atoms with Crippen molar-refractivity contribution >= 4 is 6.03 Å². The lowest BCUT2D eigenvalue weighted by atomic mass is 10.2. The molecule has 0 aliphatic carbocycles. The highest BCUT2D eigenvalue weighted by Crippen LogP contribution is 2.19. The van der Waals surface area contributed by atoms with Gasteiger partial charge in [0.25, 0.3) is 0 Å². The maximum absolute atomic E-state index is 12.1. The van der Waals surface area contributed by atoms with Crippen molar-refractivity contribution in [2.75, 3.05) is 13.2 Å². The lowest BCUT2D eigenvalue weighted by Gasteiger charge is -2.12. The Balaban J connectivity index is 2.49. The fraction of sp³-hybridized carbons (Fsp3) is 0.538. The predicted octanol–water partition coefficient (Wildman–Crippen LogP) is 2.62. The van der Waals surface area contributed by atoms with Crippen LogP contribution < -0.4 is 15.4 Å². The Labute approximate surface area is 120 Å². The summed E-state index contributed by atoms with van der Waals surface area (Å²) in [7, 11) is 0. The SMILES string of the molecule is CCCCNC(=O)NCc1cccnc1OCC(F)(F)F. The van der Waals surface area contributed by atoms with Crippen molar-refractivity contribution in [3.8, 4) is 5.88 Å². The van der Waals surface area contributed by atoms with Crippen molar-refractivity contribution in [3.05, 3.63) is 23.9 Å². The van der Waals surface area contributed by atoms with Crippen molar-refractivity contribution in [1.82, 2.24) is 15.6 Å². The molecule has 0 atom stereocenters. The van der Waals surface area contributed by atoms with Gasteiger partial charge in [0, 0.05) is 24.8 Å². The lowest BCUT2D eigenvalue weighted by molar-refractivity contribution is -0.154. The smallest absolute Gasteiger partial charge is 0.422 e. The van der Waals surface area contributed by atoms with E-state index in [0.717, 1.165) is 12.8 Å². The van der Waals surface area contributed by atoms with Crippen LogP contribution in [0, 0.1) is 0 Å². The third kappa shape index (κ3) is 7.38. The molecule has 1 rings (SSSR count). The molecule has 5 nitrogen and oxygen atoms in total. The summed E-state index contributed by atoms with van der Waals surface area (Å²) in [5.41, 5.74) is 0.382. The van der Waals surface area contributed by atoms with Crippen LogP contribution >= 0.6 is 0 Å². The Morgan fingerprint density at radius 2 is 2.14 bits per heavy atom. The van der Waals surface area contributed by atoms with Gasteiger partial charge in [-0.3, -0.25) is 0 Å². The normalized spacial score (nSPS) is 11.0. The van der Waals surface area contributed by atoms with Crippen LogP contribution in [0.2, 0.25) is 0 Å². The van der Waals surface area contributed by atoms with Crippen LogP contribution in [0.3, 0.4) is 0 Å². The van der Waals surface area contributed by atoms with Crippen LogP contribution in [-0.4, -0.2) is 30.3 Å². The van der Waals surface area contributed by atoms with Crippen LogP contribution in [0.15, 0.2) is 18.3 Å². The maximum Gasteiger partial charge on any atom is 0.422 e. The zero-order valence-corrected chi connectivity index (χ0v) is 11.7. The number of alkyl halides is 3. The number of aromatic nitrogens is 1. The molecular formula is C13H18F3N3O2. The minimum Gasteiger partial charge on any atom is -0.468 e. The van der Waals surface area contributed by atoms with Gasteiger partial charge in [-0.15, -0.1) is 0 Å². The average Bonchev–Trinajstić information content (AvgIpc) is 2.43. The van der Waals surface area contributed by atoms with E-state index in [1.807, 2.05) is 6.92 Å². The second-order valence-corrected chi connectivity index (χ2v) is 4.33. The molecule has 1 heterocycles. The number of pyridine rings is 1. The molecule has 2 N–H and O–H groups in total. The number of nitrogens with one attached hydrogen (secondary N) is 2. The van der Waals surface area contributed by atoms with E-state index in [1.165, 1.54) is 6.20 Å². The average molecular weight is 305 g/mol. The minimum absolute atomic E-state index is 0.0407. The number of urea groups is 1. The molecule has 1 aromatic rings. The van der Waals surface area contributed by atoms with Crippen LogP contribution in [0.5, 0.6) is 5.88 Å². The van der Waals surface area contributed by atoms with Crippen molar-refractivity contribution in [1.29, 1.82) is 0 Å². The Morgan fingerprint density at radius 3 is 2.81 bits per heavy atom. The molecular weight excluding hydrogens is 287 g/mol. The highest BCUT2D eigenvalue weighted by molar-refractivity contribution is 5.73. The van der Waals surface area contributed by atoms with Gasteiger partial charge in [0.1, 0.15) is 0 Å². The molecule has 0 saturated carbocycles. The number of rotatable bonds is 7. The number of unbranched alkanes of at least 4 members (excludes halogenated alkanes) is 1. The quantitative estimate of drug-likeness (QED) is 0.761. The lowest BCUT2D eigenvalue weighted by Crippen LogP contribution is -2.35. The number of hydrogen-bond donors (Lipinski definition) is 2. The summed E-state index contributed by atoms with van der Waals surface area (Å²) in [6.07, 6.45) is -1.28. The monoisotopic (exact) mass is 305 g/mol. The maximum atomic E-state index is 12.1. The van der Waals surface area contributed by atoms with E-state index in [2.05, 4.69) is 20.4 Å². The van der Waals surface area contributed by atoms with Crippen molar-refractivity contribution in [2.45, 2.75) is 32.5 Å². The first kappa shape index (κ1) is 17.1. The van der Waals surface area contributed by atoms with Gasteiger partial charge in [0.05, 0.1) is 0 Å². The van der Waals surface area contributed by atoms with Crippen LogP contribution in [-0.2, 0) is 6.54 Å². The second-order valence-electron chi connectivity index (χ2n) is 4.33. The van der Waals surface area contributed by atoms with Crippen LogP contribution in [0.1, 0.15) is 25.3 Å². The summed E-state index contributed by atoms with van der Waals surface area (Å²) in [5.74, 6) is -0.135.